The molecule has 80 valence electrons. The maximum absolute atomic E-state index is 5.83. The first-order valence-corrected chi connectivity index (χ1v) is 4.96. The first kappa shape index (κ1) is 11.7. The number of benzene rings is 1. The molecule has 4 N–H and O–H groups in total. The Balaban J connectivity index is 3.08. The van der Waals surface area contributed by atoms with Gasteiger partial charge in [-0.15, -0.1) is 0 Å². The highest BCUT2D eigenvalue weighted by Crippen LogP contribution is 2.25. The number of nitrogens with two attached hydrogens (primary N) is 2. The molecule has 0 unspecified atom stereocenters. The summed E-state index contributed by atoms with van der Waals surface area (Å²) in [5, 5.41) is 0. The fraction of sp³-hybridized carbons (Fsp3) is 0.231. The highest BCUT2D eigenvalue weighted by molar-refractivity contribution is 5.80. The van der Waals surface area contributed by atoms with Crippen molar-refractivity contribution in [3.05, 3.63) is 54.1 Å². The van der Waals surface area contributed by atoms with E-state index in [1.165, 1.54) is 0 Å². The minimum atomic E-state index is -0.877. The van der Waals surface area contributed by atoms with Crippen molar-refractivity contribution in [3.8, 4) is 0 Å². The van der Waals surface area contributed by atoms with Gasteiger partial charge in [0.25, 0.3) is 0 Å². The topological polar surface area (TPSA) is 52.0 Å². The standard InChI is InChI=1S/C13H18N2/c1-4-12(10(2)13(3,14)15)11-8-6-5-7-9-11/h4-9H,2,14-15H2,1,3H3/b12-4+. The number of rotatable bonds is 3. The molecule has 2 nitrogen and oxygen atoms in total. The Labute approximate surface area is 91.3 Å². The summed E-state index contributed by atoms with van der Waals surface area (Å²) < 4.78 is 0. The van der Waals surface area contributed by atoms with Gasteiger partial charge >= 0.3 is 0 Å². The van der Waals surface area contributed by atoms with Crippen LogP contribution in [0.4, 0.5) is 0 Å². The van der Waals surface area contributed by atoms with E-state index in [-0.39, 0.29) is 0 Å². The molecule has 2 heteroatoms. The van der Waals surface area contributed by atoms with Gasteiger partial charge < -0.3 is 11.5 Å². The van der Waals surface area contributed by atoms with Gasteiger partial charge in [-0.3, -0.25) is 0 Å². The molecular weight excluding hydrogens is 184 g/mol. The van der Waals surface area contributed by atoms with Gasteiger partial charge in [0, 0.05) is 0 Å². The SMILES string of the molecule is C=C(/C(=C\C)c1ccccc1)C(C)(N)N. The van der Waals surface area contributed by atoms with Crippen molar-refractivity contribution in [2.24, 2.45) is 11.5 Å². The molecule has 0 fully saturated rings. The first-order chi connectivity index (χ1) is 6.96. The van der Waals surface area contributed by atoms with Gasteiger partial charge in [-0.05, 0) is 30.6 Å². The molecule has 0 aliphatic rings. The fourth-order valence-electron chi connectivity index (χ4n) is 1.42. The smallest absolute Gasteiger partial charge is 0.0870 e. The fourth-order valence-corrected chi connectivity index (χ4v) is 1.42. The Hall–Kier alpha value is -1.38. The van der Waals surface area contributed by atoms with Crippen LogP contribution in [0.25, 0.3) is 5.57 Å². The van der Waals surface area contributed by atoms with Crippen LogP contribution in [0, 0.1) is 0 Å². The van der Waals surface area contributed by atoms with Gasteiger partial charge in [-0.1, -0.05) is 43.0 Å². The molecule has 1 rings (SSSR count). The molecule has 0 amide bonds. The van der Waals surface area contributed by atoms with Crippen LogP contribution in [-0.4, -0.2) is 5.66 Å². The summed E-state index contributed by atoms with van der Waals surface area (Å²) in [6.07, 6.45) is 1.98. The molecule has 1 aromatic carbocycles. The Kier molecular flexibility index (Phi) is 3.45. The highest BCUT2D eigenvalue weighted by atomic mass is 14.9. The predicted molar refractivity (Wildman–Crippen MR) is 66.0 cm³/mol. The summed E-state index contributed by atoms with van der Waals surface area (Å²) in [4.78, 5) is 0. The number of allylic oxidation sites excluding steroid dienone is 1. The van der Waals surface area contributed by atoms with E-state index in [1.807, 2.05) is 43.3 Å². The van der Waals surface area contributed by atoms with Crippen molar-refractivity contribution < 1.29 is 0 Å². The van der Waals surface area contributed by atoms with Gasteiger partial charge in [0.15, 0.2) is 0 Å². The van der Waals surface area contributed by atoms with Crippen molar-refractivity contribution >= 4 is 5.57 Å². The van der Waals surface area contributed by atoms with Crippen LogP contribution in [0.3, 0.4) is 0 Å². The molecule has 0 spiro atoms. The Morgan fingerprint density at radius 2 is 1.80 bits per heavy atom. The average molecular weight is 202 g/mol. The molecule has 0 atom stereocenters. The lowest BCUT2D eigenvalue weighted by molar-refractivity contribution is 0.596. The molecule has 15 heavy (non-hydrogen) atoms. The lowest BCUT2D eigenvalue weighted by atomic mass is 9.91. The van der Waals surface area contributed by atoms with Crippen LogP contribution < -0.4 is 11.5 Å². The maximum Gasteiger partial charge on any atom is 0.0870 e. The van der Waals surface area contributed by atoms with Crippen LogP contribution in [0.15, 0.2) is 48.6 Å². The Morgan fingerprint density at radius 1 is 1.27 bits per heavy atom. The quantitative estimate of drug-likeness (QED) is 0.583. The summed E-state index contributed by atoms with van der Waals surface area (Å²) >= 11 is 0. The van der Waals surface area contributed by atoms with E-state index in [9.17, 15) is 0 Å². The van der Waals surface area contributed by atoms with Crippen molar-refractivity contribution in [1.82, 2.24) is 0 Å². The van der Waals surface area contributed by atoms with E-state index >= 15 is 0 Å². The third-order valence-corrected chi connectivity index (χ3v) is 2.35. The highest BCUT2D eigenvalue weighted by Gasteiger charge is 2.19. The second-order valence-electron chi connectivity index (χ2n) is 3.83. The molecule has 0 aliphatic carbocycles. The summed E-state index contributed by atoms with van der Waals surface area (Å²) in [5.74, 6) is 0. The van der Waals surface area contributed by atoms with Gasteiger partial charge in [0.1, 0.15) is 0 Å². The van der Waals surface area contributed by atoms with Crippen LogP contribution >= 0.6 is 0 Å². The van der Waals surface area contributed by atoms with Gasteiger partial charge in [-0.2, -0.15) is 0 Å². The van der Waals surface area contributed by atoms with Crippen LogP contribution in [-0.2, 0) is 0 Å². The average Bonchev–Trinajstić information content (AvgIpc) is 2.19. The molecule has 0 aromatic heterocycles. The predicted octanol–water partition coefficient (Wildman–Crippen LogP) is 2.28. The summed E-state index contributed by atoms with van der Waals surface area (Å²) in [6, 6.07) is 9.98. The zero-order valence-corrected chi connectivity index (χ0v) is 9.33. The second-order valence-corrected chi connectivity index (χ2v) is 3.83. The van der Waals surface area contributed by atoms with Crippen LogP contribution in [0.5, 0.6) is 0 Å². The Morgan fingerprint density at radius 3 is 2.20 bits per heavy atom. The molecule has 0 saturated carbocycles. The van der Waals surface area contributed by atoms with Gasteiger partial charge in [0.05, 0.1) is 5.66 Å². The molecule has 0 heterocycles. The van der Waals surface area contributed by atoms with Crippen LogP contribution in [0.2, 0.25) is 0 Å². The summed E-state index contributed by atoms with van der Waals surface area (Å²) in [5.41, 5.74) is 13.6. The minimum Gasteiger partial charge on any atom is -0.310 e. The third-order valence-electron chi connectivity index (χ3n) is 2.35. The first-order valence-electron chi connectivity index (χ1n) is 4.96. The monoisotopic (exact) mass is 202 g/mol. The van der Waals surface area contributed by atoms with Crippen LogP contribution in [0.1, 0.15) is 19.4 Å². The normalized spacial score (nSPS) is 12.7. The molecule has 0 saturated heterocycles. The van der Waals surface area contributed by atoms with Crippen molar-refractivity contribution in [2.45, 2.75) is 19.5 Å². The Bertz CT molecular complexity index is 369. The zero-order chi connectivity index (χ0) is 11.5. The second kappa shape index (κ2) is 4.43. The van der Waals surface area contributed by atoms with Crippen molar-refractivity contribution in [2.75, 3.05) is 0 Å². The van der Waals surface area contributed by atoms with E-state index in [0.29, 0.717) is 0 Å². The van der Waals surface area contributed by atoms with E-state index in [2.05, 4.69) is 6.58 Å². The lowest BCUT2D eigenvalue weighted by Crippen LogP contribution is -2.47. The van der Waals surface area contributed by atoms with E-state index in [1.54, 1.807) is 6.92 Å². The molecule has 0 radical (unpaired) electrons. The number of hydrogen-bond acceptors (Lipinski definition) is 2. The molecule has 0 bridgehead atoms. The molecule has 1 aromatic rings. The van der Waals surface area contributed by atoms with E-state index in [0.717, 1.165) is 16.7 Å². The zero-order valence-electron chi connectivity index (χ0n) is 9.33. The maximum atomic E-state index is 5.83. The molecular formula is C13H18N2. The summed E-state index contributed by atoms with van der Waals surface area (Å²) in [7, 11) is 0. The number of hydrogen-bond donors (Lipinski definition) is 2. The van der Waals surface area contributed by atoms with Crippen molar-refractivity contribution in [1.29, 1.82) is 0 Å². The van der Waals surface area contributed by atoms with E-state index in [4.69, 9.17) is 11.5 Å². The lowest BCUT2D eigenvalue weighted by Gasteiger charge is -2.24. The molecule has 0 aliphatic heterocycles. The minimum absolute atomic E-state index is 0.746. The van der Waals surface area contributed by atoms with E-state index < -0.39 is 5.66 Å². The van der Waals surface area contributed by atoms with Gasteiger partial charge in [0.2, 0.25) is 0 Å². The summed E-state index contributed by atoms with van der Waals surface area (Å²) in [6.45, 7) is 7.66. The third kappa shape index (κ3) is 2.78. The largest absolute Gasteiger partial charge is 0.310 e. The van der Waals surface area contributed by atoms with Crippen molar-refractivity contribution in [3.63, 3.8) is 0 Å². The van der Waals surface area contributed by atoms with Gasteiger partial charge in [-0.25, -0.2) is 0 Å².